The van der Waals surface area contributed by atoms with Gasteiger partial charge < -0.3 is 0 Å². The van der Waals surface area contributed by atoms with E-state index in [1.807, 2.05) is 0 Å². The average Bonchev–Trinajstić information content (AvgIpc) is 2.63. The molecule has 0 saturated heterocycles. The fourth-order valence-corrected chi connectivity index (χ4v) is 4.01. The highest BCUT2D eigenvalue weighted by atomic mass is 14.2. The molecule has 0 aliphatic carbocycles. The molecule has 0 aromatic rings. The fourth-order valence-electron chi connectivity index (χ4n) is 4.01. The Hall–Kier alpha value is -0.260. The van der Waals surface area contributed by atoms with Crippen molar-refractivity contribution in [2.24, 2.45) is 11.8 Å². The summed E-state index contributed by atoms with van der Waals surface area (Å²) in [5, 5.41) is 0. The van der Waals surface area contributed by atoms with Gasteiger partial charge in [0.1, 0.15) is 0 Å². The highest BCUT2D eigenvalue weighted by molar-refractivity contribution is 4.79. The highest BCUT2D eigenvalue weighted by Gasteiger charge is 2.12. The van der Waals surface area contributed by atoms with Crippen molar-refractivity contribution in [2.45, 2.75) is 143 Å². The molecule has 0 rings (SSSR count). The molecule has 0 aromatic carbocycles. The van der Waals surface area contributed by atoms with Gasteiger partial charge >= 0.3 is 0 Å². The normalized spacial score (nSPS) is 13.1. The third kappa shape index (κ3) is 18.5. The first kappa shape index (κ1) is 25.7. The van der Waals surface area contributed by atoms with Crippen molar-refractivity contribution in [3.05, 3.63) is 12.2 Å². The molecule has 0 aromatic heterocycles. The van der Waals surface area contributed by atoms with Crippen LogP contribution in [-0.2, 0) is 0 Å². The standard InChI is InChI=1S/C26H52/c1-5-7-9-11-13-14-15-16-17-18-20-22-24-26(25(3)4)23-21-19-12-10-8-6-2/h8,10,25-26H,5-7,9,11-24H2,1-4H3/b10-8+. The summed E-state index contributed by atoms with van der Waals surface area (Å²) in [6.45, 7) is 9.39. The predicted octanol–water partition coefficient (Wildman–Crippen LogP) is 9.88. The fraction of sp³-hybridized carbons (Fsp3) is 0.923. The Balaban J connectivity index is 3.44. The van der Waals surface area contributed by atoms with Crippen molar-refractivity contribution in [1.29, 1.82) is 0 Å². The van der Waals surface area contributed by atoms with Crippen LogP contribution in [0.3, 0.4) is 0 Å². The van der Waals surface area contributed by atoms with E-state index in [2.05, 4.69) is 39.8 Å². The van der Waals surface area contributed by atoms with Crippen LogP contribution in [0.15, 0.2) is 12.2 Å². The Morgan fingerprint density at radius 3 is 1.46 bits per heavy atom. The van der Waals surface area contributed by atoms with Gasteiger partial charge in [-0.05, 0) is 31.1 Å². The van der Waals surface area contributed by atoms with E-state index in [4.69, 9.17) is 0 Å². The molecule has 0 bridgehead atoms. The molecule has 1 atom stereocenters. The van der Waals surface area contributed by atoms with Gasteiger partial charge in [0.25, 0.3) is 0 Å². The minimum Gasteiger partial charge on any atom is -0.0888 e. The first-order chi connectivity index (χ1) is 12.7. The van der Waals surface area contributed by atoms with Crippen LogP contribution in [0.4, 0.5) is 0 Å². The average molecular weight is 365 g/mol. The number of hydrogen-bond acceptors (Lipinski definition) is 0. The summed E-state index contributed by atoms with van der Waals surface area (Å²) in [4.78, 5) is 0. The number of hydrogen-bond donors (Lipinski definition) is 0. The van der Waals surface area contributed by atoms with Crippen molar-refractivity contribution in [1.82, 2.24) is 0 Å². The van der Waals surface area contributed by atoms with Crippen LogP contribution in [0.2, 0.25) is 0 Å². The van der Waals surface area contributed by atoms with Crippen molar-refractivity contribution in [2.75, 3.05) is 0 Å². The van der Waals surface area contributed by atoms with Gasteiger partial charge in [-0.1, -0.05) is 136 Å². The van der Waals surface area contributed by atoms with E-state index >= 15 is 0 Å². The Morgan fingerprint density at radius 2 is 1.00 bits per heavy atom. The lowest BCUT2D eigenvalue weighted by Gasteiger charge is -2.20. The summed E-state index contributed by atoms with van der Waals surface area (Å²) in [5.41, 5.74) is 0. The van der Waals surface area contributed by atoms with Crippen LogP contribution >= 0.6 is 0 Å². The maximum Gasteiger partial charge on any atom is -0.0351 e. The molecule has 26 heavy (non-hydrogen) atoms. The van der Waals surface area contributed by atoms with Crippen molar-refractivity contribution < 1.29 is 0 Å². The molecule has 0 aliphatic heterocycles. The molecule has 156 valence electrons. The second-order valence-corrected chi connectivity index (χ2v) is 8.85. The van der Waals surface area contributed by atoms with Crippen molar-refractivity contribution in [3.8, 4) is 0 Å². The Bertz CT molecular complexity index is 276. The molecular weight excluding hydrogens is 312 g/mol. The number of allylic oxidation sites excluding steroid dienone is 2. The smallest absolute Gasteiger partial charge is 0.0351 e. The summed E-state index contributed by atoms with van der Waals surface area (Å²) in [6.07, 6.45) is 30.4. The van der Waals surface area contributed by atoms with E-state index in [0.29, 0.717) is 0 Å². The summed E-state index contributed by atoms with van der Waals surface area (Å²) >= 11 is 0. The molecule has 0 heterocycles. The van der Waals surface area contributed by atoms with E-state index < -0.39 is 0 Å². The van der Waals surface area contributed by atoms with Gasteiger partial charge in [-0.25, -0.2) is 0 Å². The van der Waals surface area contributed by atoms with Crippen LogP contribution in [0.25, 0.3) is 0 Å². The van der Waals surface area contributed by atoms with Gasteiger partial charge in [0.15, 0.2) is 0 Å². The van der Waals surface area contributed by atoms with Gasteiger partial charge in [-0.15, -0.1) is 0 Å². The number of unbranched alkanes of at least 4 members (excludes halogenated alkanes) is 13. The zero-order valence-corrected chi connectivity index (χ0v) is 19.0. The molecule has 0 N–H and O–H groups in total. The minimum absolute atomic E-state index is 0.869. The van der Waals surface area contributed by atoms with Gasteiger partial charge in [0.05, 0.1) is 0 Å². The van der Waals surface area contributed by atoms with E-state index in [1.165, 1.54) is 116 Å². The Morgan fingerprint density at radius 1 is 0.538 bits per heavy atom. The van der Waals surface area contributed by atoms with Crippen LogP contribution in [0, 0.1) is 11.8 Å². The van der Waals surface area contributed by atoms with E-state index in [0.717, 1.165) is 11.8 Å². The Kier molecular flexibility index (Phi) is 20.8. The lowest BCUT2D eigenvalue weighted by atomic mass is 9.86. The zero-order chi connectivity index (χ0) is 19.3. The molecule has 0 amide bonds. The van der Waals surface area contributed by atoms with E-state index in [1.54, 1.807) is 0 Å². The monoisotopic (exact) mass is 364 g/mol. The van der Waals surface area contributed by atoms with Crippen LogP contribution in [0.5, 0.6) is 0 Å². The highest BCUT2D eigenvalue weighted by Crippen LogP contribution is 2.25. The van der Waals surface area contributed by atoms with Gasteiger partial charge in [0.2, 0.25) is 0 Å². The summed E-state index contributed by atoms with van der Waals surface area (Å²) < 4.78 is 0. The third-order valence-electron chi connectivity index (χ3n) is 5.97. The first-order valence-corrected chi connectivity index (χ1v) is 12.4. The lowest BCUT2D eigenvalue weighted by molar-refractivity contribution is 0.314. The van der Waals surface area contributed by atoms with E-state index in [-0.39, 0.29) is 0 Å². The molecule has 0 spiro atoms. The number of rotatable bonds is 20. The largest absolute Gasteiger partial charge is 0.0888 e. The second-order valence-electron chi connectivity index (χ2n) is 8.85. The maximum absolute atomic E-state index is 2.43. The lowest BCUT2D eigenvalue weighted by Crippen LogP contribution is -2.08. The van der Waals surface area contributed by atoms with Crippen LogP contribution in [-0.4, -0.2) is 0 Å². The van der Waals surface area contributed by atoms with Crippen molar-refractivity contribution >= 4 is 0 Å². The molecule has 0 nitrogen and oxygen atoms in total. The topological polar surface area (TPSA) is 0 Å². The summed E-state index contributed by atoms with van der Waals surface area (Å²) in [5.74, 6) is 1.84. The maximum atomic E-state index is 2.43. The summed E-state index contributed by atoms with van der Waals surface area (Å²) in [7, 11) is 0. The molecule has 0 radical (unpaired) electrons. The van der Waals surface area contributed by atoms with Crippen LogP contribution < -0.4 is 0 Å². The second kappa shape index (κ2) is 21.0. The van der Waals surface area contributed by atoms with Gasteiger partial charge in [-0.3, -0.25) is 0 Å². The minimum atomic E-state index is 0.869. The quantitative estimate of drug-likeness (QED) is 0.149. The Labute approximate surface area is 167 Å². The van der Waals surface area contributed by atoms with E-state index in [9.17, 15) is 0 Å². The first-order valence-electron chi connectivity index (χ1n) is 12.4. The third-order valence-corrected chi connectivity index (χ3v) is 5.97. The van der Waals surface area contributed by atoms with Gasteiger partial charge in [0, 0.05) is 0 Å². The SMILES string of the molecule is CC/C=C/CCCCC(CCCCCCCCCCCCCC)C(C)C. The molecule has 0 aliphatic rings. The summed E-state index contributed by atoms with van der Waals surface area (Å²) in [6, 6.07) is 0. The molecule has 1 unspecified atom stereocenters. The molecule has 0 heteroatoms. The molecule has 0 fully saturated rings. The van der Waals surface area contributed by atoms with Gasteiger partial charge in [-0.2, -0.15) is 0 Å². The molecule has 0 saturated carbocycles. The predicted molar refractivity (Wildman–Crippen MR) is 122 cm³/mol. The molecular formula is C26H52. The van der Waals surface area contributed by atoms with Crippen molar-refractivity contribution in [3.63, 3.8) is 0 Å². The van der Waals surface area contributed by atoms with Crippen LogP contribution in [0.1, 0.15) is 143 Å². The zero-order valence-electron chi connectivity index (χ0n) is 19.0.